The predicted octanol–water partition coefficient (Wildman–Crippen LogP) is 0.412. The molecule has 2 heterocycles. The quantitative estimate of drug-likeness (QED) is 0.826. The molecular weight excluding hydrogens is 288 g/mol. The van der Waals surface area contributed by atoms with E-state index >= 15 is 0 Å². The molecule has 0 bridgehead atoms. The molecule has 1 aromatic heterocycles. The first-order valence-electron chi connectivity index (χ1n) is 7.14. The van der Waals surface area contributed by atoms with Crippen molar-refractivity contribution in [1.82, 2.24) is 9.78 Å². The Hall–Kier alpha value is -2.41. The number of nitrogens with zero attached hydrogens (tertiary/aromatic N) is 1. The number of carbonyl (C=O) groups excluding carboxylic acids is 1. The van der Waals surface area contributed by atoms with Crippen LogP contribution in [0.1, 0.15) is 12.8 Å². The standard InChI is InChI=1S/C15H16N2O5/c18-13(22-9-10-4-3-7-21-10)8-17-15(20)12-6-2-1-5-11(12)14(19)16-17/h1-2,5-6,10H,3-4,7-9H2,(H,16,19). The van der Waals surface area contributed by atoms with Crippen LogP contribution in [0.15, 0.2) is 33.9 Å². The number of nitrogens with one attached hydrogen (secondary N) is 1. The smallest absolute Gasteiger partial charge is 0.327 e. The molecule has 1 aliphatic heterocycles. The third-order valence-corrected chi connectivity index (χ3v) is 3.63. The lowest BCUT2D eigenvalue weighted by Crippen LogP contribution is -2.33. The summed E-state index contributed by atoms with van der Waals surface area (Å²) in [5, 5.41) is 2.97. The number of rotatable bonds is 4. The Bertz CT molecular complexity index is 801. The maximum absolute atomic E-state index is 12.2. The molecular formula is C15H16N2O5. The maximum Gasteiger partial charge on any atom is 0.327 e. The fraction of sp³-hybridized carbons (Fsp3) is 0.400. The van der Waals surface area contributed by atoms with Gasteiger partial charge in [-0.1, -0.05) is 12.1 Å². The van der Waals surface area contributed by atoms with E-state index in [-0.39, 0.29) is 24.6 Å². The first kappa shape index (κ1) is 14.5. The normalized spacial score (nSPS) is 17.7. The Morgan fingerprint density at radius 3 is 2.82 bits per heavy atom. The van der Waals surface area contributed by atoms with Crippen molar-refractivity contribution >= 4 is 16.7 Å². The molecule has 1 aromatic carbocycles. The van der Waals surface area contributed by atoms with E-state index in [1.54, 1.807) is 24.3 Å². The molecule has 1 fully saturated rings. The third-order valence-electron chi connectivity index (χ3n) is 3.63. The highest BCUT2D eigenvalue weighted by molar-refractivity contribution is 5.80. The van der Waals surface area contributed by atoms with E-state index in [2.05, 4.69) is 5.10 Å². The zero-order valence-corrected chi connectivity index (χ0v) is 11.9. The summed E-state index contributed by atoms with van der Waals surface area (Å²) in [5.41, 5.74) is -0.841. The van der Waals surface area contributed by atoms with Crippen LogP contribution in [0.5, 0.6) is 0 Å². The van der Waals surface area contributed by atoms with Gasteiger partial charge in [-0.3, -0.25) is 19.5 Å². The number of benzene rings is 1. The number of aromatic amines is 1. The lowest BCUT2D eigenvalue weighted by atomic mass is 10.2. The van der Waals surface area contributed by atoms with Gasteiger partial charge in [0.2, 0.25) is 0 Å². The molecule has 1 N–H and O–H groups in total. The molecule has 7 nitrogen and oxygen atoms in total. The molecule has 3 rings (SSSR count). The number of H-pyrrole nitrogens is 1. The Morgan fingerprint density at radius 1 is 1.32 bits per heavy atom. The number of fused-ring (bicyclic) bond motifs is 1. The molecule has 0 amide bonds. The van der Waals surface area contributed by atoms with E-state index in [9.17, 15) is 14.4 Å². The Labute approximate surface area is 125 Å². The van der Waals surface area contributed by atoms with Gasteiger partial charge in [-0.25, -0.2) is 4.68 Å². The Morgan fingerprint density at radius 2 is 2.09 bits per heavy atom. The molecule has 0 radical (unpaired) electrons. The van der Waals surface area contributed by atoms with E-state index in [0.29, 0.717) is 12.0 Å². The summed E-state index contributed by atoms with van der Waals surface area (Å²) in [5.74, 6) is -0.580. The molecule has 7 heteroatoms. The lowest BCUT2D eigenvalue weighted by molar-refractivity contribution is -0.147. The molecule has 0 saturated carbocycles. The van der Waals surface area contributed by atoms with Crippen LogP contribution in [0.3, 0.4) is 0 Å². The highest BCUT2D eigenvalue weighted by atomic mass is 16.6. The van der Waals surface area contributed by atoms with Gasteiger partial charge >= 0.3 is 5.97 Å². The average Bonchev–Trinajstić information content (AvgIpc) is 3.04. The van der Waals surface area contributed by atoms with Gasteiger partial charge in [-0.2, -0.15) is 0 Å². The minimum Gasteiger partial charge on any atom is -0.462 e. The SMILES string of the molecule is O=C(Cn1[nH]c(=O)c2ccccc2c1=O)OCC1CCCO1. The number of esters is 1. The van der Waals surface area contributed by atoms with Gasteiger partial charge in [-0.15, -0.1) is 0 Å². The summed E-state index contributed by atoms with van der Waals surface area (Å²) >= 11 is 0. The van der Waals surface area contributed by atoms with Gasteiger partial charge in [0.05, 0.1) is 16.9 Å². The second kappa shape index (κ2) is 6.15. The van der Waals surface area contributed by atoms with E-state index < -0.39 is 17.1 Å². The van der Waals surface area contributed by atoms with Crippen LogP contribution in [0.25, 0.3) is 10.8 Å². The van der Waals surface area contributed by atoms with Crippen LogP contribution in [0, 0.1) is 0 Å². The number of hydrogen-bond donors (Lipinski definition) is 1. The summed E-state index contributed by atoms with van der Waals surface area (Å²) in [6.07, 6.45) is 1.75. The third kappa shape index (κ3) is 2.94. The summed E-state index contributed by atoms with van der Waals surface area (Å²) in [6.45, 7) is 0.524. The Balaban J connectivity index is 1.76. The topological polar surface area (TPSA) is 90.4 Å². The van der Waals surface area contributed by atoms with Crippen LogP contribution in [0.4, 0.5) is 0 Å². The van der Waals surface area contributed by atoms with Crippen molar-refractivity contribution in [1.29, 1.82) is 0 Å². The molecule has 1 saturated heterocycles. The van der Waals surface area contributed by atoms with Crippen LogP contribution in [0.2, 0.25) is 0 Å². The van der Waals surface area contributed by atoms with Gasteiger partial charge in [0, 0.05) is 6.61 Å². The monoisotopic (exact) mass is 304 g/mol. The van der Waals surface area contributed by atoms with Gasteiger partial charge in [0.1, 0.15) is 13.2 Å². The number of aromatic nitrogens is 2. The summed E-state index contributed by atoms with van der Waals surface area (Å²) in [7, 11) is 0. The minimum absolute atomic E-state index is 0.0728. The van der Waals surface area contributed by atoms with Crippen LogP contribution in [-0.2, 0) is 20.8 Å². The predicted molar refractivity (Wildman–Crippen MR) is 78.8 cm³/mol. The van der Waals surface area contributed by atoms with Crippen molar-refractivity contribution < 1.29 is 14.3 Å². The first-order valence-corrected chi connectivity index (χ1v) is 7.14. The molecule has 116 valence electrons. The van der Waals surface area contributed by atoms with E-state index in [1.807, 2.05) is 0 Å². The fourth-order valence-electron chi connectivity index (χ4n) is 2.49. The van der Waals surface area contributed by atoms with Crippen LogP contribution in [-0.4, -0.2) is 35.1 Å². The van der Waals surface area contributed by atoms with Crippen molar-refractivity contribution in [3.63, 3.8) is 0 Å². The number of ether oxygens (including phenoxy) is 2. The molecule has 22 heavy (non-hydrogen) atoms. The van der Waals surface area contributed by atoms with E-state index in [0.717, 1.165) is 17.5 Å². The van der Waals surface area contributed by atoms with Crippen LogP contribution >= 0.6 is 0 Å². The zero-order chi connectivity index (χ0) is 15.5. The van der Waals surface area contributed by atoms with Crippen molar-refractivity contribution in [3.05, 3.63) is 45.0 Å². The Kier molecular flexibility index (Phi) is 4.06. The largest absolute Gasteiger partial charge is 0.462 e. The van der Waals surface area contributed by atoms with E-state index in [1.165, 1.54) is 0 Å². The summed E-state index contributed by atoms with van der Waals surface area (Å²) in [6, 6.07) is 6.47. The number of carbonyl (C=O) groups is 1. The number of hydrogen-bond acceptors (Lipinski definition) is 5. The van der Waals surface area contributed by atoms with Gasteiger partial charge < -0.3 is 9.47 Å². The summed E-state index contributed by atoms with van der Waals surface area (Å²) < 4.78 is 11.4. The highest BCUT2D eigenvalue weighted by Crippen LogP contribution is 2.12. The molecule has 2 aromatic rings. The first-order chi connectivity index (χ1) is 10.6. The fourth-order valence-corrected chi connectivity index (χ4v) is 2.49. The molecule has 1 atom stereocenters. The lowest BCUT2D eigenvalue weighted by Gasteiger charge is -2.11. The molecule has 0 aliphatic carbocycles. The van der Waals surface area contributed by atoms with Gasteiger partial charge in [0.15, 0.2) is 0 Å². The van der Waals surface area contributed by atoms with E-state index in [4.69, 9.17) is 9.47 Å². The van der Waals surface area contributed by atoms with Crippen molar-refractivity contribution in [2.45, 2.75) is 25.5 Å². The van der Waals surface area contributed by atoms with Crippen molar-refractivity contribution in [2.75, 3.05) is 13.2 Å². The molecule has 1 unspecified atom stereocenters. The second-order valence-corrected chi connectivity index (χ2v) is 5.20. The van der Waals surface area contributed by atoms with Crippen LogP contribution < -0.4 is 11.1 Å². The van der Waals surface area contributed by atoms with Gasteiger partial charge in [-0.05, 0) is 25.0 Å². The second-order valence-electron chi connectivity index (χ2n) is 5.20. The maximum atomic E-state index is 12.2. The minimum atomic E-state index is -0.580. The molecule has 1 aliphatic rings. The van der Waals surface area contributed by atoms with Gasteiger partial charge in [0.25, 0.3) is 11.1 Å². The van der Waals surface area contributed by atoms with Crippen molar-refractivity contribution in [3.8, 4) is 0 Å². The molecule has 0 spiro atoms. The van der Waals surface area contributed by atoms with Crippen molar-refractivity contribution in [2.24, 2.45) is 0 Å². The highest BCUT2D eigenvalue weighted by Gasteiger charge is 2.18. The summed E-state index contributed by atoms with van der Waals surface area (Å²) in [4.78, 5) is 36.0. The average molecular weight is 304 g/mol. The zero-order valence-electron chi connectivity index (χ0n) is 11.9.